The van der Waals surface area contributed by atoms with Crippen LogP contribution < -0.4 is 10.2 Å². The second-order valence-corrected chi connectivity index (χ2v) is 8.56. The molecule has 1 aromatic heterocycles. The van der Waals surface area contributed by atoms with Crippen LogP contribution in [0.15, 0.2) is 48.5 Å². The summed E-state index contributed by atoms with van der Waals surface area (Å²) >= 11 is 7.21. The fraction of sp³-hybridized carbons (Fsp3) is 0.286. The molecule has 0 radical (unpaired) electrons. The maximum Gasteiger partial charge on any atom is 0.286 e. The Kier molecular flexibility index (Phi) is 6.08. The van der Waals surface area contributed by atoms with Crippen molar-refractivity contribution in [1.82, 2.24) is 15.1 Å². The van der Waals surface area contributed by atoms with Gasteiger partial charge < -0.3 is 10.2 Å². The summed E-state index contributed by atoms with van der Waals surface area (Å²) in [6, 6.07) is 15.6. The summed E-state index contributed by atoms with van der Waals surface area (Å²) in [6.45, 7) is 6.71. The third-order valence-corrected chi connectivity index (χ3v) is 6.02. The molecule has 2 heterocycles. The van der Waals surface area contributed by atoms with Gasteiger partial charge in [0.05, 0.1) is 6.54 Å². The van der Waals surface area contributed by atoms with Gasteiger partial charge in [-0.15, -0.1) is 10.2 Å². The van der Waals surface area contributed by atoms with Crippen LogP contribution >= 0.6 is 22.9 Å². The highest BCUT2D eigenvalue weighted by atomic mass is 35.5. The van der Waals surface area contributed by atoms with Crippen molar-refractivity contribution in [2.75, 3.05) is 36.4 Å². The first-order chi connectivity index (χ1) is 14.1. The van der Waals surface area contributed by atoms with Crippen LogP contribution in [0.5, 0.6) is 0 Å². The average Bonchev–Trinajstić information content (AvgIpc) is 3.19. The highest BCUT2D eigenvalue weighted by Crippen LogP contribution is 2.20. The maximum atomic E-state index is 12.4. The molecule has 0 atom stereocenters. The first kappa shape index (κ1) is 19.8. The largest absolute Gasteiger partial charge is 0.369 e. The molecule has 1 aliphatic heterocycles. The van der Waals surface area contributed by atoms with E-state index in [9.17, 15) is 4.79 Å². The summed E-state index contributed by atoms with van der Waals surface area (Å²) in [6.07, 6.45) is 0. The minimum Gasteiger partial charge on any atom is -0.369 e. The molecule has 3 aromatic rings. The van der Waals surface area contributed by atoms with Crippen molar-refractivity contribution in [1.29, 1.82) is 0 Å². The first-order valence-corrected chi connectivity index (χ1v) is 10.7. The van der Waals surface area contributed by atoms with Crippen LogP contribution in [0.1, 0.15) is 20.4 Å². The molecule has 0 saturated carbocycles. The topological polar surface area (TPSA) is 61.4 Å². The van der Waals surface area contributed by atoms with Crippen LogP contribution in [-0.2, 0) is 6.54 Å². The van der Waals surface area contributed by atoms with E-state index in [1.807, 2.05) is 0 Å². The molecule has 1 aliphatic rings. The number of aromatic nitrogens is 2. The lowest BCUT2D eigenvalue weighted by Crippen LogP contribution is -2.45. The normalized spacial score (nSPS) is 14.8. The van der Waals surface area contributed by atoms with Gasteiger partial charge in [0.1, 0.15) is 5.01 Å². The fourth-order valence-corrected chi connectivity index (χ4v) is 4.21. The SMILES string of the molecule is Cc1cccc(N2CCN(Cc3nnc(C(=O)Nc4ccc(Cl)cc4)s3)CC2)c1. The molecular weight excluding hydrogens is 406 g/mol. The third-order valence-electron chi connectivity index (χ3n) is 4.86. The molecular formula is C21H22ClN5OS. The minimum atomic E-state index is -0.250. The zero-order valence-corrected chi connectivity index (χ0v) is 17.7. The van der Waals surface area contributed by atoms with E-state index < -0.39 is 0 Å². The zero-order valence-electron chi connectivity index (χ0n) is 16.1. The monoisotopic (exact) mass is 427 g/mol. The smallest absolute Gasteiger partial charge is 0.286 e. The Morgan fingerprint density at radius 2 is 1.86 bits per heavy atom. The van der Waals surface area contributed by atoms with E-state index in [1.54, 1.807) is 24.3 Å². The van der Waals surface area contributed by atoms with Crippen LogP contribution in [0.2, 0.25) is 5.02 Å². The number of anilines is 2. The van der Waals surface area contributed by atoms with Gasteiger partial charge in [0.15, 0.2) is 0 Å². The molecule has 1 fully saturated rings. The van der Waals surface area contributed by atoms with E-state index in [2.05, 4.69) is 56.5 Å². The van der Waals surface area contributed by atoms with Gasteiger partial charge in [0.25, 0.3) is 5.91 Å². The highest BCUT2D eigenvalue weighted by Gasteiger charge is 2.20. The number of hydrogen-bond donors (Lipinski definition) is 1. The zero-order chi connectivity index (χ0) is 20.2. The highest BCUT2D eigenvalue weighted by molar-refractivity contribution is 7.13. The summed E-state index contributed by atoms with van der Waals surface area (Å²) in [4.78, 5) is 17.1. The van der Waals surface area contributed by atoms with Crippen LogP contribution in [0.4, 0.5) is 11.4 Å². The van der Waals surface area contributed by atoms with Crippen molar-refractivity contribution >= 4 is 40.2 Å². The number of carbonyl (C=O) groups is 1. The number of piperazine rings is 1. The van der Waals surface area contributed by atoms with Gasteiger partial charge in [-0.3, -0.25) is 9.69 Å². The number of hydrogen-bond acceptors (Lipinski definition) is 6. The lowest BCUT2D eigenvalue weighted by molar-refractivity contribution is 0.102. The van der Waals surface area contributed by atoms with Gasteiger partial charge in [-0.25, -0.2) is 0 Å². The molecule has 8 heteroatoms. The minimum absolute atomic E-state index is 0.250. The van der Waals surface area contributed by atoms with Crippen LogP contribution in [-0.4, -0.2) is 47.2 Å². The fourth-order valence-electron chi connectivity index (χ4n) is 3.31. The van der Waals surface area contributed by atoms with E-state index in [-0.39, 0.29) is 5.91 Å². The summed E-state index contributed by atoms with van der Waals surface area (Å²) in [5.41, 5.74) is 3.24. The van der Waals surface area contributed by atoms with E-state index in [0.29, 0.717) is 22.3 Å². The Morgan fingerprint density at radius 3 is 2.59 bits per heavy atom. The van der Waals surface area contributed by atoms with Gasteiger partial charge >= 0.3 is 0 Å². The maximum absolute atomic E-state index is 12.4. The van der Waals surface area contributed by atoms with Gasteiger partial charge in [-0.2, -0.15) is 0 Å². The molecule has 6 nitrogen and oxygen atoms in total. The second kappa shape index (κ2) is 8.90. The number of halogens is 1. The lowest BCUT2D eigenvalue weighted by Gasteiger charge is -2.35. The van der Waals surface area contributed by atoms with Gasteiger partial charge in [0, 0.05) is 42.6 Å². The van der Waals surface area contributed by atoms with Crippen molar-refractivity contribution < 1.29 is 4.79 Å². The molecule has 1 N–H and O–H groups in total. The Hall–Kier alpha value is -2.48. The Bertz CT molecular complexity index is 983. The molecule has 0 spiro atoms. The van der Waals surface area contributed by atoms with Crippen LogP contribution in [0.25, 0.3) is 0 Å². The molecule has 150 valence electrons. The van der Waals surface area contributed by atoms with E-state index >= 15 is 0 Å². The van der Waals surface area contributed by atoms with E-state index in [0.717, 1.165) is 31.2 Å². The van der Waals surface area contributed by atoms with Gasteiger partial charge in [0.2, 0.25) is 5.01 Å². The van der Waals surface area contributed by atoms with Crippen molar-refractivity contribution in [3.05, 3.63) is 69.1 Å². The number of nitrogens with zero attached hydrogens (tertiary/aromatic N) is 4. The summed E-state index contributed by atoms with van der Waals surface area (Å²) in [7, 11) is 0. The van der Waals surface area contributed by atoms with Crippen molar-refractivity contribution in [2.45, 2.75) is 13.5 Å². The standard InChI is InChI=1S/C21H22ClN5OS/c1-15-3-2-4-18(13-15)27-11-9-26(10-12-27)14-19-24-25-21(29-19)20(28)23-17-7-5-16(22)6-8-17/h2-8,13H,9-12,14H2,1H3,(H,23,28). The van der Waals surface area contributed by atoms with Crippen LogP contribution in [0.3, 0.4) is 0 Å². The van der Waals surface area contributed by atoms with Gasteiger partial charge in [-0.1, -0.05) is 35.1 Å². The second-order valence-electron chi connectivity index (χ2n) is 7.06. The number of aryl methyl sites for hydroxylation is 1. The number of amides is 1. The van der Waals surface area contributed by atoms with Crippen LogP contribution in [0, 0.1) is 6.92 Å². The molecule has 4 rings (SSSR count). The average molecular weight is 428 g/mol. The van der Waals surface area contributed by atoms with Crippen molar-refractivity contribution in [2.24, 2.45) is 0 Å². The predicted molar refractivity (Wildman–Crippen MR) is 118 cm³/mol. The molecule has 2 aromatic carbocycles. The molecule has 1 amide bonds. The number of nitrogens with one attached hydrogen (secondary N) is 1. The predicted octanol–water partition coefficient (Wildman–Crippen LogP) is 4.07. The molecule has 1 saturated heterocycles. The molecule has 0 unspecified atom stereocenters. The quantitative estimate of drug-likeness (QED) is 0.664. The van der Waals surface area contributed by atoms with E-state index in [4.69, 9.17) is 11.6 Å². The molecule has 0 aliphatic carbocycles. The summed E-state index contributed by atoms with van der Waals surface area (Å²) in [5, 5.41) is 12.9. The Labute approximate surface area is 179 Å². The van der Waals surface area contributed by atoms with Gasteiger partial charge in [-0.05, 0) is 48.9 Å². The Morgan fingerprint density at radius 1 is 1.10 bits per heavy atom. The summed E-state index contributed by atoms with van der Waals surface area (Å²) < 4.78 is 0. The van der Waals surface area contributed by atoms with Crippen molar-refractivity contribution in [3.63, 3.8) is 0 Å². The lowest BCUT2D eigenvalue weighted by atomic mass is 10.2. The number of carbonyl (C=O) groups excluding carboxylic acids is 1. The molecule has 29 heavy (non-hydrogen) atoms. The first-order valence-electron chi connectivity index (χ1n) is 9.50. The number of rotatable bonds is 5. The number of benzene rings is 2. The van der Waals surface area contributed by atoms with Crippen molar-refractivity contribution in [3.8, 4) is 0 Å². The van der Waals surface area contributed by atoms with E-state index in [1.165, 1.54) is 22.6 Å². The third kappa shape index (κ3) is 5.12. The Balaban J connectivity index is 1.30. The summed E-state index contributed by atoms with van der Waals surface area (Å²) in [5.74, 6) is -0.250. The molecule has 0 bridgehead atoms.